The minimum Gasteiger partial charge on any atom is -0.366 e. The fraction of sp³-hybridized carbons (Fsp3) is 0.267. The molecular formula is C15H13ClN2O3. The van der Waals surface area contributed by atoms with Gasteiger partial charge in [-0.15, -0.1) is 0 Å². The molecule has 1 aliphatic carbocycles. The molecule has 0 radical (unpaired) electrons. The van der Waals surface area contributed by atoms with E-state index in [0.717, 1.165) is 0 Å². The monoisotopic (exact) mass is 304 g/mol. The van der Waals surface area contributed by atoms with E-state index in [0.29, 0.717) is 18.5 Å². The first-order valence-electron chi connectivity index (χ1n) is 6.63. The Morgan fingerprint density at radius 2 is 1.71 bits per heavy atom. The summed E-state index contributed by atoms with van der Waals surface area (Å²) in [7, 11) is 0. The minimum absolute atomic E-state index is 0.133. The number of amides is 3. The molecule has 21 heavy (non-hydrogen) atoms. The van der Waals surface area contributed by atoms with Crippen molar-refractivity contribution < 1.29 is 14.4 Å². The minimum atomic E-state index is -0.650. The Kier molecular flexibility index (Phi) is 3.29. The average molecular weight is 305 g/mol. The van der Waals surface area contributed by atoms with Crippen molar-refractivity contribution in [2.24, 2.45) is 17.6 Å². The van der Waals surface area contributed by atoms with Crippen molar-refractivity contribution >= 4 is 35.0 Å². The fourth-order valence-corrected chi connectivity index (χ4v) is 3.17. The lowest BCUT2D eigenvalue weighted by molar-refractivity contribution is -0.122. The lowest BCUT2D eigenvalue weighted by Crippen LogP contribution is -2.31. The summed E-state index contributed by atoms with van der Waals surface area (Å²) in [4.78, 5) is 37.2. The van der Waals surface area contributed by atoms with Gasteiger partial charge in [0.2, 0.25) is 17.7 Å². The van der Waals surface area contributed by atoms with E-state index in [1.54, 1.807) is 0 Å². The van der Waals surface area contributed by atoms with Gasteiger partial charge in [0.1, 0.15) is 0 Å². The number of imide groups is 1. The number of hydrogen-bond donors (Lipinski definition) is 1. The van der Waals surface area contributed by atoms with Gasteiger partial charge in [0.15, 0.2) is 0 Å². The molecule has 0 saturated carbocycles. The molecule has 5 nitrogen and oxygen atoms in total. The summed E-state index contributed by atoms with van der Waals surface area (Å²) in [5, 5.41) is 0.133. The molecule has 2 aliphatic rings. The number of carbonyl (C=O) groups is 3. The normalized spacial score (nSPS) is 24.3. The largest absolute Gasteiger partial charge is 0.366 e. The van der Waals surface area contributed by atoms with Crippen LogP contribution in [0.5, 0.6) is 0 Å². The molecule has 0 unspecified atom stereocenters. The molecule has 1 aliphatic heterocycles. The summed E-state index contributed by atoms with van der Waals surface area (Å²) in [6.45, 7) is 0. The number of allylic oxidation sites excluding steroid dienone is 2. The van der Waals surface area contributed by atoms with E-state index < -0.39 is 5.91 Å². The quantitative estimate of drug-likeness (QED) is 0.669. The highest BCUT2D eigenvalue weighted by Crippen LogP contribution is 2.38. The molecule has 1 aromatic carbocycles. The number of rotatable bonds is 2. The maximum atomic E-state index is 12.4. The van der Waals surface area contributed by atoms with Gasteiger partial charge in [0.25, 0.3) is 0 Å². The van der Waals surface area contributed by atoms with Crippen LogP contribution in [0.25, 0.3) is 0 Å². The lowest BCUT2D eigenvalue weighted by Gasteiger charge is -2.15. The summed E-state index contributed by atoms with van der Waals surface area (Å²) < 4.78 is 0. The highest BCUT2D eigenvalue weighted by molar-refractivity contribution is 6.34. The highest BCUT2D eigenvalue weighted by atomic mass is 35.5. The molecule has 3 rings (SSSR count). The molecule has 0 spiro atoms. The molecule has 1 heterocycles. The Hall–Kier alpha value is -2.14. The topological polar surface area (TPSA) is 80.5 Å². The van der Waals surface area contributed by atoms with Crippen molar-refractivity contribution in [3.8, 4) is 0 Å². The molecule has 6 heteroatoms. The van der Waals surface area contributed by atoms with Crippen molar-refractivity contribution in [1.29, 1.82) is 0 Å². The second-order valence-electron chi connectivity index (χ2n) is 5.20. The van der Waals surface area contributed by atoms with E-state index in [2.05, 4.69) is 0 Å². The van der Waals surface area contributed by atoms with E-state index >= 15 is 0 Å². The number of primary amides is 1. The molecule has 1 saturated heterocycles. The van der Waals surface area contributed by atoms with Crippen LogP contribution in [-0.2, 0) is 9.59 Å². The molecule has 0 aromatic heterocycles. The molecule has 0 bridgehead atoms. The van der Waals surface area contributed by atoms with Crippen LogP contribution < -0.4 is 10.6 Å². The third kappa shape index (κ3) is 2.14. The van der Waals surface area contributed by atoms with Gasteiger partial charge < -0.3 is 5.73 Å². The van der Waals surface area contributed by atoms with Crippen LogP contribution in [0.2, 0.25) is 5.02 Å². The Labute approximate surface area is 126 Å². The van der Waals surface area contributed by atoms with Gasteiger partial charge in [0.05, 0.1) is 28.1 Å². The van der Waals surface area contributed by atoms with E-state index in [9.17, 15) is 14.4 Å². The maximum Gasteiger partial charge on any atom is 0.250 e. The first-order chi connectivity index (χ1) is 10.0. The van der Waals surface area contributed by atoms with Gasteiger partial charge >= 0.3 is 0 Å². The van der Waals surface area contributed by atoms with E-state index in [1.165, 1.54) is 23.1 Å². The maximum absolute atomic E-state index is 12.4. The number of benzene rings is 1. The molecule has 1 fully saturated rings. The summed E-state index contributed by atoms with van der Waals surface area (Å²) in [6.07, 6.45) is 5.02. The zero-order chi connectivity index (χ0) is 15.1. The lowest BCUT2D eigenvalue weighted by atomic mass is 9.85. The van der Waals surface area contributed by atoms with E-state index in [-0.39, 0.29) is 34.2 Å². The Bertz CT molecular complexity index is 657. The zero-order valence-electron chi connectivity index (χ0n) is 11.1. The Morgan fingerprint density at radius 3 is 2.19 bits per heavy atom. The van der Waals surface area contributed by atoms with Crippen molar-refractivity contribution in [3.63, 3.8) is 0 Å². The van der Waals surface area contributed by atoms with Gasteiger partial charge in [-0.3, -0.25) is 14.4 Å². The molecule has 2 N–H and O–H groups in total. The van der Waals surface area contributed by atoms with Crippen molar-refractivity contribution in [3.05, 3.63) is 40.9 Å². The third-order valence-electron chi connectivity index (χ3n) is 3.98. The van der Waals surface area contributed by atoms with Crippen LogP contribution in [0.4, 0.5) is 5.69 Å². The molecule has 1 aromatic rings. The first kappa shape index (κ1) is 13.8. The second-order valence-corrected chi connectivity index (χ2v) is 5.60. The fourth-order valence-electron chi connectivity index (χ4n) is 2.90. The van der Waals surface area contributed by atoms with Crippen LogP contribution >= 0.6 is 11.6 Å². The Balaban J connectivity index is 1.98. The number of carbonyl (C=O) groups excluding carboxylic acids is 3. The highest BCUT2D eigenvalue weighted by Gasteiger charge is 2.47. The van der Waals surface area contributed by atoms with Crippen molar-refractivity contribution in [1.82, 2.24) is 0 Å². The summed E-state index contributed by atoms with van der Waals surface area (Å²) in [6, 6.07) is 4.38. The summed E-state index contributed by atoms with van der Waals surface area (Å²) in [5.74, 6) is -1.66. The molecule has 2 atom stereocenters. The van der Waals surface area contributed by atoms with Gasteiger partial charge in [0, 0.05) is 0 Å². The average Bonchev–Trinajstić information content (AvgIpc) is 2.71. The summed E-state index contributed by atoms with van der Waals surface area (Å²) >= 11 is 5.99. The zero-order valence-corrected chi connectivity index (χ0v) is 11.8. The van der Waals surface area contributed by atoms with Crippen LogP contribution in [0.1, 0.15) is 23.2 Å². The van der Waals surface area contributed by atoms with Crippen LogP contribution in [-0.4, -0.2) is 17.7 Å². The van der Waals surface area contributed by atoms with E-state index in [4.69, 9.17) is 17.3 Å². The van der Waals surface area contributed by atoms with Crippen LogP contribution in [0, 0.1) is 11.8 Å². The van der Waals surface area contributed by atoms with Crippen LogP contribution in [0.15, 0.2) is 30.4 Å². The Morgan fingerprint density at radius 1 is 1.14 bits per heavy atom. The first-order valence-corrected chi connectivity index (χ1v) is 7.00. The van der Waals surface area contributed by atoms with E-state index in [1.807, 2.05) is 12.2 Å². The summed E-state index contributed by atoms with van der Waals surface area (Å²) in [5.41, 5.74) is 5.74. The number of hydrogen-bond acceptors (Lipinski definition) is 3. The van der Waals surface area contributed by atoms with Gasteiger partial charge in [-0.25, -0.2) is 4.90 Å². The number of nitrogens with two attached hydrogens (primary N) is 1. The van der Waals surface area contributed by atoms with Gasteiger partial charge in [-0.1, -0.05) is 23.8 Å². The van der Waals surface area contributed by atoms with Crippen molar-refractivity contribution in [2.45, 2.75) is 12.8 Å². The second kappa shape index (κ2) is 5.00. The predicted molar refractivity (Wildman–Crippen MR) is 77.8 cm³/mol. The smallest absolute Gasteiger partial charge is 0.250 e. The predicted octanol–water partition coefficient (Wildman–Crippen LogP) is 1.89. The number of nitrogens with zero attached hydrogens (tertiary/aromatic N) is 1. The van der Waals surface area contributed by atoms with Crippen LogP contribution in [0.3, 0.4) is 0 Å². The molecular weight excluding hydrogens is 292 g/mol. The standard InChI is InChI=1S/C15H13ClN2O3/c16-12-7-8(5-6-11(12)13(17)19)18-14(20)9-3-1-2-4-10(9)15(18)21/h1-2,5-7,9-10H,3-4H2,(H2,17,19)/t9-,10-/m1/s1. The van der Waals surface area contributed by atoms with Gasteiger partial charge in [-0.05, 0) is 31.0 Å². The molecule has 108 valence electrons. The number of fused-ring (bicyclic) bond motifs is 1. The number of halogens is 1. The third-order valence-corrected chi connectivity index (χ3v) is 4.30. The van der Waals surface area contributed by atoms with Crippen molar-refractivity contribution in [2.75, 3.05) is 4.90 Å². The number of anilines is 1. The molecule has 3 amide bonds. The van der Waals surface area contributed by atoms with Gasteiger partial charge in [-0.2, -0.15) is 0 Å². The SMILES string of the molecule is NC(=O)c1ccc(N2C(=O)[C@@H]3CC=CC[C@H]3C2=O)cc1Cl.